The van der Waals surface area contributed by atoms with E-state index in [1.165, 1.54) is 32.1 Å². The summed E-state index contributed by atoms with van der Waals surface area (Å²) in [6.45, 7) is 2.13. The van der Waals surface area contributed by atoms with Crippen molar-refractivity contribution in [2.45, 2.75) is 44.6 Å². The first-order valence-electron chi connectivity index (χ1n) is 8.09. The van der Waals surface area contributed by atoms with Gasteiger partial charge in [-0.15, -0.1) is 0 Å². The molecule has 0 N–H and O–H groups in total. The number of carbonyl (C=O) groups is 1. The Balaban J connectivity index is 1.47. The van der Waals surface area contributed by atoms with Crippen LogP contribution < -0.4 is 4.74 Å². The average Bonchev–Trinajstić information content (AvgIpc) is 2.45. The molecule has 4 saturated carbocycles. The van der Waals surface area contributed by atoms with Gasteiger partial charge < -0.3 is 9.47 Å². The normalized spacial score (nSPS) is 40.0. The minimum absolute atomic E-state index is 0.320. The molecule has 0 unspecified atom stereocenters. The molecular formula is C18H22O3. The van der Waals surface area contributed by atoms with Crippen LogP contribution in [-0.4, -0.2) is 11.8 Å². The minimum Gasteiger partial charge on any atom is -0.427 e. The van der Waals surface area contributed by atoms with E-state index in [2.05, 4.69) is 6.92 Å². The van der Waals surface area contributed by atoms with Gasteiger partial charge in [-0.1, -0.05) is 18.2 Å². The largest absolute Gasteiger partial charge is 0.514 e. The van der Waals surface area contributed by atoms with Gasteiger partial charge in [0.1, 0.15) is 11.4 Å². The highest BCUT2D eigenvalue weighted by Crippen LogP contribution is 2.59. The fourth-order valence-electron chi connectivity index (χ4n) is 5.07. The number of benzene rings is 1. The fraction of sp³-hybridized carbons (Fsp3) is 0.611. The van der Waals surface area contributed by atoms with Gasteiger partial charge in [-0.3, -0.25) is 0 Å². The van der Waals surface area contributed by atoms with Gasteiger partial charge in [0, 0.05) is 0 Å². The van der Waals surface area contributed by atoms with E-state index in [0.29, 0.717) is 17.6 Å². The summed E-state index contributed by atoms with van der Waals surface area (Å²) >= 11 is 0. The van der Waals surface area contributed by atoms with Gasteiger partial charge in [0.2, 0.25) is 0 Å². The predicted molar refractivity (Wildman–Crippen MR) is 79.0 cm³/mol. The zero-order chi connectivity index (χ0) is 14.4. The zero-order valence-corrected chi connectivity index (χ0v) is 12.5. The summed E-state index contributed by atoms with van der Waals surface area (Å²) in [4.78, 5) is 12.2. The van der Waals surface area contributed by atoms with E-state index < -0.39 is 6.16 Å². The molecule has 5 rings (SSSR count). The Hall–Kier alpha value is -1.51. The van der Waals surface area contributed by atoms with Crippen LogP contribution in [0.3, 0.4) is 0 Å². The van der Waals surface area contributed by atoms with Gasteiger partial charge in [0.25, 0.3) is 0 Å². The molecule has 1 aromatic rings. The molecule has 0 radical (unpaired) electrons. The Morgan fingerprint density at radius 2 is 1.57 bits per heavy atom. The third-order valence-corrected chi connectivity index (χ3v) is 6.01. The van der Waals surface area contributed by atoms with E-state index >= 15 is 0 Å². The van der Waals surface area contributed by atoms with Crippen molar-refractivity contribution >= 4 is 6.16 Å². The molecule has 4 fully saturated rings. The molecule has 1 aromatic carbocycles. The van der Waals surface area contributed by atoms with Crippen molar-refractivity contribution in [1.82, 2.24) is 0 Å². The van der Waals surface area contributed by atoms with E-state index in [4.69, 9.17) is 9.47 Å². The lowest BCUT2D eigenvalue weighted by atomic mass is 9.50. The molecule has 3 nitrogen and oxygen atoms in total. The van der Waals surface area contributed by atoms with Crippen molar-refractivity contribution in [3.8, 4) is 5.75 Å². The summed E-state index contributed by atoms with van der Waals surface area (Å²) in [6.07, 6.45) is 5.75. The lowest BCUT2D eigenvalue weighted by Crippen LogP contribution is -2.58. The molecule has 0 amide bonds. The average molecular weight is 286 g/mol. The topological polar surface area (TPSA) is 35.5 Å². The Bertz CT molecular complexity index is 509. The number of rotatable bonds is 2. The Labute approximate surface area is 125 Å². The Morgan fingerprint density at radius 3 is 2.14 bits per heavy atom. The van der Waals surface area contributed by atoms with Crippen LogP contribution in [0.5, 0.6) is 5.75 Å². The number of para-hydroxylation sites is 1. The van der Waals surface area contributed by atoms with Gasteiger partial charge in [0.15, 0.2) is 0 Å². The van der Waals surface area contributed by atoms with Crippen LogP contribution in [0, 0.1) is 23.7 Å². The summed E-state index contributed by atoms with van der Waals surface area (Å²) in [5, 5.41) is 0. The lowest BCUT2D eigenvalue weighted by molar-refractivity contribution is -0.169. The Kier molecular flexibility index (Phi) is 2.98. The van der Waals surface area contributed by atoms with Crippen LogP contribution in [-0.2, 0) is 4.74 Å². The molecule has 0 spiro atoms. The Morgan fingerprint density at radius 1 is 1.00 bits per heavy atom. The smallest absolute Gasteiger partial charge is 0.427 e. The van der Waals surface area contributed by atoms with Crippen molar-refractivity contribution in [3.05, 3.63) is 30.3 Å². The summed E-state index contributed by atoms with van der Waals surface area (Å²) in [7, 11) is 0. The fourth-order valence-corrected chi connectivity index (χ4v) is 5.07. The second-order valence-corrected chi connectivity index (χ2v) is 7.26. The highest BCUT2D eigenvalue weighted by Gasteiger charge is 2.57. The molecule has 4 aliphatic carbocycles. The summed E-state index contributed by atoms with van der Waals surface area (Å²) < 4.78 is 11.2. The monoisotopic (exact) mass is 286 g/mol. The van der Waals surface area contributed by atoms with E-state index in [1.807, 2.05) is 18.2 Å². The first-order valence-corrected chi connectivity index (χ1v) is 8.09. The van der Waals surface area contributed by atoms with Crippen LogP contribution >= 0.6 is 0 Å². The molecule has 0 heterocycles. The molecule has 0 aliphatic heterocycles. The van der Waals surface area contributed by atoms with Crippen LogP contribution in [0.4, 0.5) is 4.79 Å². The predicted octanol–water partition coefficient (Wildman–Crippen LogP) is 4.42. The minimum atomic E-state index is -0.545. The maximum atomic E-state index is 12.2. The molecule has 4 bridgehead atoms. The van der Waals surface area contributed by atoms with Gasteiger partial charge >= 0.3 is 6.16 Å². The molecule has 0 aromatic heterocycles. The van der Waals surface area contributed by atoms with Gasteiger partial charge in [-0.25, -0.2) is 4.79 Å². The van der Waals surface area contributed by atoms with Gasteiger partial charge in [-0.05, 0) is 74.8 Å². The molecular weight excluding hydrogens is 264 g/mol. The summed E-state index contributed by atoms with van der Waals surface area (Å²) in [5.74, 6) is 3.34. The summed E-state index contributed by atoms with van der Waals surface area (Å²) in [6, 6.07) is 9.17. The van der Waals surface area contributed by atoms with E-state index in [-0.39, 0.29) is 5.60 Å². The quantitative estimate of drug-likeness (QED) is 0.596. The van der Waals surface area contributed by atoms with Crippen LogP contribution in [0.25, 0.3) is 0 Å². The number of carbonyl (C=O) groups excluding carboxylic acids is 1. The third kappa shape index (κ3) is 2.23. The van der Waals surface area contributed by atoms with Crippen LogP contribution in [0.15, 0.2) is 30.3 Å². The first kappa shape index (κ1) is 13.2. The van der Waals surface area contributed by atoms with Gasteiger partial charge in [0.05, 0.1) is 0 Å². The second kappa shape index (κ2) is 4.75. The summed E-state index contributed by atoms with van der Waals surface area (Å²) in [5.41, 5.74) is -0.320. The zero-order valence-electron chi connectivity index (χ0n) is 12.5. The maximum Gasteiger partial charge on any atom is 0.514 e. The molecule has 0 saturated heterocycles. The lowest BCUT2D eigenvalue weighted by Gasteiger charge is -2.58. The SMILES string of the molecule is CC1(OC(=O)Oc2ccccc2)C2CC3CC(C2)CC1C3. The number of hydrogen-bond acceptors (Lipinski definition) is 3. The van der Waals surface area contributed by atoms with E-state index in [1.54, 1.807) is 12.1 Å². The highest BCUT2D eigenvalue weighted by atomic mass is 16.7. The van der Waals surface area contributed by atoms with Crippen LogP contribution in [0.2, 0.25) is 0 Å². The first-order chi connectivity index (χ1) is 10.1. The molecule has 0 atom stereocenters. The molecule has 3 heteroatoms. The molecule has 21 heavy (non-hydrogen) atoms. The van der Waals surface area contributed by atoms with Crippen molar-refractivity contribution in [2.24, 2.45) is 23.7 Å². The van der Waals surface area contributed by atoms with Crippen molar-refractivity contribution in [1.29, 1.82) is 0 Å². The second-order valence-electron chi connectivity index (χ2n) is 7.26. The van der Waals surface area contributed by atoms with Crippen molar-refractivity contribution in [2.75, 3.05) is 0 Å². The molecule has 112 valence electrons. The van der Waals surface area contributed by atoms with Crippen molar-refractivity contribution < 1.29 is 14.3 Å². The molecule has 4 aliphatic rings. The number of hydrogen-bond donors (Lipinski definition) is 0. The number of ether oxygens (including phenoxy) is 2. The maximum absolute atomic E-state index is 12.2. The van der Waals surface area contributed by atoms with E-state index in [9.17, 15) is 4.79 Å². The third-order valence-electron chi connectivity index (χ3n) is 6.01. The van der Waals surface area contributed by atoms with E-state index in [0.717, 1.165) is 11.8 Å². The van der Waals surface area contributed by atoms with Gasteiger partial charge in [-0.2, -0.15) is 0 Å². The highest BCUT2D eigenvalue weighted by molar-refractivity contribution is 5.64. The van der Waals surface area contributed by atoms with Crippen LogP contribution in [0.1, 0.15) is 39.0 Å². The standard InChI is InChI=1S/C18H22O3/c1-18(21-17(19)20-16-5-3-2-4-6-16)14-8-12-7-13(10-14)11-15(18)9-12/h2-6,12-15H,7-11H2,1H3. The van der Waals surface area contributed by atoms with Crippen molar-refractivity contribution in [3.63, 3.8) is 0 Å².